The Balaban J connectivity index is 1.96. The number of phenols is 1. The van der Waals surface area contributed by atoms with Crippen LogP contribution in [0.1, 0.15) is 0 Å². The van der Waals surface area contributed by atoms with E-state index in [4.69, 9.17) is 9.47 Å². The second-order valence-corrected chi connectivity index (χ2v) is 5.09. The summed E-state index contributed by atoms with van der Waals surface area (Å²) in [5.74, 6) is 1.22. The molecule has 25 heavy (non-hydrogen) atoms. The predicted octanol–water partition coefficient (Wildman–Crippen LogP) is 3.51. The number of benzene rings is 2. The maximum atomic E-state index is 12.0. The lowest BCUT2D eigenvalue weighted by atomic mass is 10.1. The summed E-state index contributed by atoms with van der Waals surface area (Å²) >= 11 is 0. The number of methoxy groups -OCH3 is 2. The quantitative estimate of drug-likeness (QED) is 0.617. The molecule has 8 nitrogen and oxygen atoms in total. The predicted molar refractivity (Wildman–Crippen MR) is 92.2 cm³/mol. The third-order valence-electron chi connectivity index (χ3n) is 3.54. The largest absolute Gasteiger partial charge is 0.508 e. The average molecular weight is 340 g/mol. The maximum absolute atomic E-state index is 12.0. The molecule has 2 aromatic carbocycles. The lowest BCUT2D eigenvalue weighted by Gasteiger charge is -2.06. The minimum absolute atomic E-state index is 0.134. The van der Waals surface area contributed by atoms with Gasteiger partial charge in [0, 0.05) is 11.6 Å². The van der Waals surface area contributed by atoms with Gasteiger partial charge in [-0.15, -0.1) is 5.11 Å². The molecule has 0 aliphatic heterocycles. The minimum atomic E-state index is -0.396. The number of nitrogens with zero attached hydrogens (tertiary/aromatic N) is 2. The zero-order chi connectivity index (χ0) is 17.8. The molecule has 3 aromatic rings. The first kappa shape index (κ1) is 16.3. The molecular weight excluding hydrogens is 324 g/mol. The fourth-order valence-electron chi connectivity index (χ4n) is 2.28. The molecule has 3 N–H and O–H groups in total. The monoisotopic (exact) mass is 340 g/mol. The summed E-state index contributed by atoms with van der Waals surface area (Å²) < 4.78 is 10.4. The van der Waals surface area contributed by atoms with E-state index in [0.717, 1.165) is 0 Å². The van der Waals surface area contributed by atoms with Gasteiger partial charge in [-0.2, -0.15) is 5.11 Å². The number of hydrogen-bond acceptors (Lipinski definition) is 6. The fraction of sp³-hybridized carbons (Fsp3) is 0.118. The first-order chi connectivity index (χ1) is 12.1. The van der Waals surface area contributed by atoms with E-state index >= 15 is 0 Å². The van der Waals surface area contributed by atoms with Crippen LogP contribution in [-0.2, 0) is 0 Å². The van der Waals surface area contributed by atoms with E-state index in [0.29, 0.717) is 28.4 Å². The summed E-state index contributed by atoms with van der Waals surface area (Å²) in [6.07, 6.45) is 0. The molecule has 1 heterocycles. The number of rotatable bonds is 5. The first-order valence-corrected chi connectivity index (χ1v) is 7.36. The Labute approximate surface area is 142 Å². The van der Waals surface area contributed by atoms with E-state index in [2.05, 4.69) is 20.4 Å². The highest BCUT2D eigenvalue weighted by Gasteiger charge is 2.12. The Hall–Kier alpha value is -3.55. The van der Waals surface area contributed by atoms with Crippen LogP contribution in [0.2, 0.25) is 0 Å². The van der Waals surface area contributed by atoms with Crippen LogP contribution in [0.15, 0.2) is 57.5 Å². The van der Waals surface area contributed by atoms with Crippen LogP contribution in [0.3, 0.4) is 0 Å². The molecule has 1 aromatic heterocycles. The first-order valence-electron chi connectivity index (χ1n) is 7.36. The van der Waals surface area contributed by atoms with Crippen molar-refractivity contribution in [3.8, 4) is 28.5 Å². The molecule has 0 aliphatic rings. The molecule has 0 spiro atoms. The number of aromatic nitrogens is 2. The highest BCUT2D eigenvalue weighted by atomic mass is 16.5. The van der Waals surface area contributed by atoms with Crippen LogP contribution >= 0.6 is 0 Å². The molecule has 0 atom stereocenters. The Kier molecular flexibility index (Phi) is 4.51. The van der Waals surface area contributed by atoms with Crippen molar-refractivity contribution in [3.05, 3.63) is 52.8 Å². The molecule has 0 saturated carbocycles. The van der Waals surface area contributed by atoms with Crippen molar-refractivity contribution >= 4 is 11.4 Å². The van der Waals surface area contributed by atoms with Gasteiger partial charge in [-0.1, -0.05) is 0 Å². The minimum Gasteiger partial charge on any atom is -0.508 e. The van der Waals surface area contributed by atoms with Crippen molar-refractivity contribution in [2.24, 2.45) is 10.2 Å². The summed E-state index contributed by atoms with van der Waals surface area (Å²) in [5, 5.41) is 22.8. The number of aromatic amines is 2. The molecule has 0 bridgehead atoms. The second kappa shape index (κ2) is 6.91. The number of H-pyrrole nitrogens is 2. The van der Waals surface area contributed by atoms with Gasteiger partial charge in [0.2, 0.25) is 0 Å². The van der Waals surface area contributed by atoms with E-state index in [9.17, 15) is 9.90 Å². The van der Waals surface area contributed by atoms with Crippen molar-refractivity contribution in [1.29, 1.82) is 0 Å². The number of aromatic hydroxyl groups is 1. The third-order valence-corrected chi connectivity index (χ3v) is 3.54. The molecule has 0 aliphatic carbocycles. The fourth-order valence-corrected chi connectivity index (χ4v) is 2.28. The summed E-state index contributed by atoms with van der Waals surface area (Å²) in [7, 11) is 3.07. The molecule has 128 valence electrons. The SMILES string of the molecule is COc1ccc(N=Nc2c(-c3ccc(O)cc3)[nH][nH]c2=O)cc1OC. The van der Waals surface area contributed by atoms with Crippen molar-refractivity contribution in [2.75, 3.05) is 14.2 Å². The van der Waals surface area contributed by atoms with E-state index in [-0.39, 0.29) is 11.4 Å². The van der Waals surface area contributed by atoms with E-state index in [1.54, 1.807) is 37.4 Å². The van der Waals surface area contributed by atoms with Crippen LogP contribution in [0.5, 0.6) is 17.2 Å². The second-order valence-electron chi connectivity index (χ2n) is 5.09. The summed E-state index contributed by atoms with van der Waals surface area (Å²) in [6.45, 7) is 0. The smallest absolute Gasteiger partial charge is 0.292 e. The van der Waals surface area contributed by atoms with Crippen LogP contribution in [-0.4, -0.2) is 29.5 Å². The van der Waals surface area contributed by atoms with Gasteiger partial charge >= 0.3 is 0 Å². The van der Waals surface area contributed by atoms with Crippen molar-refractivity contribution < 1.29 is 14.6 Å². The zero-order valence-electron chi connectivity index (χ0n) is 13.6. The molecule has 0 unspecified atom stereocenters. The molecule has 0 amide bonds. The van der Waals surface area contributed by atoms with Crippen LogP contribution in [0.4, 0.5) is 11.4 Å². The zero-order valence-corrected chi connectivity index (χ0v) is 13.6. The molecule has 0 saturated heterocycles. The number of phenolic OH excluding ortho intramolecular Hbond substituents is 1. The van der Waals surface area contributed by atoms with E-state index in [1.165, 1.54) is 19.2 Å². The normalized spacial score (nSPS) is 11.0. The highest BCUT2D eigenvalue weighted by molar-refractivity contribution is 5.71. The molecule has 0 fully saturated rings. The summed E-state index contributed by atoms with van der Waals surface area (Å²) in [6, 6.07) is 11.4. The Morgan fingerprint density at radius 2 is 1.64 bits per heavy atom. The van der Waals surface area contributed by atoms with Crippen LogP contribution in [0.25, 0.3) is 11.3 Å². The van der Waals surface area contributed by atoms with Gasteiger partial charge in [-0.05, 0) is 36.4 Å². The van der Waals surface area contributed by atoms with Gasteiger partial charge in [0.05, 0.1) is 25.6 Å². The average Bonchev–Trinajstić information content (AvgIpc) is 3.01. The van der Waals surface area contributed by atoms with Gasteiger partial charge in [-0.25, -0.2) is 0 Å². The summed E-state index contributed by atoms with van der Waals surface area (Å²) in [4.78, 5) is 12.0. The van der Waals surface area contributed by atoms with Gasteiger partial charge < -0.3 is 14.6 Å². The number of nitrogens with one attached hydrogen (secondary N) is 2. The van der Waals surface area contributed by atoms with Gasteiger partial charge in [-0.3, -0.25) is 15.0 Å². The lowest BCUT2D eigenvalue weighted by molar-refractivity contribution is 0.355. The van der Waals surface area contributed by atoms with Crippen LogP contribution < -0.4 is 15.0 Å². The van der Waals surface area contributed by atoms with Crippen molar-refractivity contribution in [3.63, 3.8) is 0 Å². The van der Waals surface area contributed by atoms with Gasteiger partial charge in [0.1, 0.15) is 5.75 Å². The Bertz CT molecular complexity index is 958. The molecule has 0 radical (unpaired) electrons. The highest BCUT2D eigenvalue weighted by Crippen LogP contribution is 2.32. The number of ether oxygens (including phenoxy) is 2. The molecule has 8 heteroatoms. The lowest BCUT2D eigenvalue weighted by Crippen LogP contribution is -1.96. The Morgan fingerprint density at radius 1 is 0.920 bits per heavy atom. The molecule has 3 rings (SSSR count). The Morgan fingerprint density at radius 3 is 2.32 bits per heavy atom. The van der Waals surface area contributed by atoms with E-state index in [1.807, 2.05) is 0 Å². The maximum Gasteiger partial charge on any atom is 0.292 e. The van der Waals surface area contributed by atoms with E-state index < -0.39 is 5.56 Å². The van der Waals surface area contributed by atoms with Crippen molar-refractivity contribution in [2.45, 2.75) is 0 Å². The standard InChI is InChI=1S/C17H16N4O4/c1-24-13-8-5-11(9-14(13)25-2)18-20-16-15(19-21-17(16)23)10-3-6-12(22)7-4-10/h3-9,22H,1-2H3,(H2,19,21,23). The van der Waals surface area contributed by atoms with Crippen molar-refractivity contribution in [1.82, 2.24) is 10.2 Å². The number of hydrogen-bond donors (Lipinski definition) is 3. The van der Waals surface area contributed by atoms with Gasteiger partial charge in [0.15, 0.2) is 17.2 Å². The summed E-state index contributed by atoms with van der Waals surface area (Å²) in [5.41, 5.74) is 1.43. The van der Waals surface area contributed by atoms with Crippen LogP contribution in [0, 0.1) is 0 Å². The topological polar surface area (TPSA) is 112 Å². The molecular formula is C17H16N4O4. The van der Waals surface area contributed by atoms with Gasteiger partial charge in [0.25, 0.3) is 5.56 Å². The third kappa shape index (κ3) is 3.37. The number of azo groups is 1.